The lowest BCUT2D eigenvalue weighted by Crippen LogP contribution is -2.73. The zero-order valence-electron chi connectivity index (χ0n) is 12.6. The molecule has 3 fully saturated rings. The van der Waals surface area contributed by atoms with Gasteiger partial charge in [-0.05, 0) is 31.9 Å². The van der Waals surface area contributed by atoms with Crippen LogP contribution in [0.15, 0.2) is 29.2 Å². The number of urea groups is 1. The Labute approximate surface area is 134 Å². The molecule has 2 N–H and O–H groups in total. The molecule has 0 atom stereocenters. The number of nitrogens with zero attached hydrogens (tertiary/aromatic N) is 1. The van der Waals surface area contributed by atoms with Crippen LogP contribution in [0.2, 0.25) is 0 Å². The lowest BCUT2D eigenvalue weighted by atomic mass is 9.54. The van der Waals surface area contributed by atoms with Gasteiger partial charge in [0.1, 0.15) is 5.54 Å². The van der Waals surface area contributed by atoms with Crippen molar-refractivity contribution in [2.24, 2.45) is 5.41 Å². The monoisotopic (exact) mass is 335 g/mol. The predicted octanol–water partition coefficient (Wildman–Crippen LogP) is 0.358. The summed E-state index contributed by atoms with van der Waals surface area (Å²) in [7, 11) is -3.48. The normalized spacial score (nSPS) is 24.9. The smallest absolute Gasteiger partial charge is 0.322 e. The molecule has 1 saturated carbocycles. The summed E-state index contributed by atoms with van der Waals surface area (Å²) in [6.45, 7) is 2.70. The lowest BCUT2D eigenvalue weighted by Gasteiger charge is -2.61. The summed E-state index contributed by atoms with van der Waals surface area (Å²) in [5, 5.41) is 4.91. The summed E-state index contributed by atoms with van der Waals surface area (Å²) in [4.78, 5) is 23.4. The third-order valence-corrected chi connectivity index (χ3v) is 6.86. The molecule has 2 aliphatic heterocycles. The van der Waals surface area contributed by atoms with Crippen LogP contribution >= 0.6 is 0 Å². The van der Waals surface area contributed by atoms with Crippen molar-refractivity contribution < 1.29 is 18.0 Å². The van der Waals surface area contributed by atoms with Gasteiger partial charge >= 0.3 is 6.03 Å². The van der Waals surface area contributed by atoms with Crippen molar-refractivity contribution >= 4 is 22.0 Å². The van der Waals surface area contributed by atoms with Crippen molar-refractivity contribution in [1.29, 1.82) is 0 Å². The molecule has 0 bridgehead atoms. The highest BCUT2D eigenvalue weighted by Crippen LogP contribution is 2.56. The predicted molar refractivity (Wildman–Crippen MR) is 81.0 cm³/mol. The molecule has 3 amide bonds. The molecule has 2 heterocycles. The van der Waals surface area contributed by atoms with Crippen molar-refractivity contribution in [3.63, 3.8) is 0 Å². The van der Waals surface area contributed by atoms with E-state index in [1.807, 2.05) is 6.92 Å². The molecule has 8 heteroatoms. The van der Waals surface area contributed by atoms with E-state index in [1.54, 1.807) is 24.3 Å². The molecule has 1 aliphatic carbocycles. The van der Waals surface area contributed by atoms with Crippen LogP contribution in [0.5, 0.6) is 0 Å². The van der Waals surface area contributed by atoms with Gasteiger partial charge in [-0.2, -0.15) is 4.31 Å². The van der Waals surface area contributed by atoms with Gasteiger partial charge in [0.2, 0.25) is 10.0 Å². The first-order valence-electron chi connectivity index (χ1n) is 7.45. The van der Waals surface area contributed by atoms with Gasteiger partial charge in [-0.15, -0.1) is 0 Å². The Hall–Kier alpha value is -1.93. The van der Waals surface area contributed by atoms with Crippen LogP contribution in [0.4, 0.5) is 4.79 Å². The van der Waals surface area contributed by atoms with Gasteiger partial charge in [0.05, 0.1) is 4.90 Å². The Bertz CT molecular complexity index is 802. The number of hydrogen-bond donors (Lipinski definition) is 2. The minimum absolute atomic E-state index is 0.188. The fourth-order valence-electron chi connectivity index (χ4n) is 3.96. The maximum atomic E-state index is 12.6. The van der Waals surface area contributed by atoms with Crippen molar-refractivity contribution in [2.45, 2.75) is 30.2 Å². The maximum Gasteiger partial charge on any atom is 0.322 e. The quantitative estimate of drug-likeness (QED) is 0.763. The molecule has 7 nitrogen and oxygen atoms in total. The number of carbonyl (C=O) groups excluding carboxylic acids is 2. The van der Waals surface area contributed by atoms with Gasteiger partial charge in [-0.25, -0.2) is 13.2 Å². The first kappa shape index (κ1) is 14.6. The van der Waals surface area contributed by atoms with E-state index >= 15 is 0 Å². The number of benzene rings is 1. The summed E-state index contributed by atoms with van der Waals surface area (Å²) in [5.41, 5.74) is -0.00303. The fraction of sp³-hybridized carbons (Fsp3) is 0.467. The molecular formula is C15H17N3O4S. The Balaban J connectivity index is 1.45. The highest BCUT2D eigenvalue weighted by atomic mass is 32.2. The molecule has 1 aromatic carbocycles. The van der Waals surface area contributed by atoms with Crippen LogP contribution in [0.25, 0.3) is 0 Å². The van der Waals surface area contributed by atoms with Crippen molar-refractivity contribution in [2.75, 3.05) is 13.1 Å². The molecule has 23 heavy (non-hydrogen) atoms. The molecule has 0 radical (unpaired) electrons. The molecule has 1 aromatic rings. The number of carbonyl (C=O) groups is 2. The molecular weight excluding hydrogens is 318 g/mol. The largest absolute Gasteiger partial charge is 0.323 e. The fourth-order valence-corrected chi connectivity index (χ4v) is 5.63. The van der Waals surface area contributed by atoms with Gasteiger partial charge in [0, 0.05) is 18.5 Å². The van der Waals surface area contributed by atoms with Crippen molar-refractivity contribution in [3.05, 3.63) is 29.8 Å². The molecule has 0 aromatic heterocycles. The molecule has 0 unspecified atom stereocenters. The Kier molecular flexibility index (Phi) is 2.76. The Morgan fingerprint density at radius 3 is 2.22 bits per heavy atom. The van der Waals surface area contributed by atoms with Crippen LogP contribution in [0, 0.1) is 12.3 Å². The van der Waals surface area contributed by atoms with Crippen LogP contribution < -0.4 is 10.6 Å². The Morgan fingerprint density at radius 2 is 1.70 bits per heavy atom. The van der Waals surface area contributed by atoms with E-state index in [4.69, 9.17) is 0 Å². The van der Waals surface area contributed by atoms with Crippen LogP contribution in [0.1, 0.15) is 18.4 Å². The molecule has 4 rings (SSSR count). The number of imide groups is 1. The summed E-state index contributed by atoms with van der Waals surface area (Å²) < 4.78 is 26.6. The first-order chi connectivity index (χ1) is 10.7. The highest BCUT2D eigenvalue weighted by molar-refractivity contribution is 7.89. The lowest BCUT2D eigenvalue weighted by molar-refractivity contribution is -0.140. The van der Waals surface area contributed by atoms with Crippen molar-refractivity contribution in [1.82, 2.24) is 14.9 Å². The molecule has 2 spiro atoms. The second-order valence-corrected chi connectivity index (χ2v) is 8.87. The van der Waals surface area contributed by atoms with Crippen LogP contribution in [-0.4, -0.2) is 43.3 Å². The summed E-state index contributed by atoms with van der Waals surface area (Å²) in [6, 6.07) is 6.32. The SMILES string of the molecule is Cc1ccc(S(=O)(=O)N2CC3(C2)CC2(C3)NC(=O)NC2=O)cc1. The molecule has 3 aliphatic rings. The van der Waals surface area contributed by atoms with Crippen LogP contribution in [-0.2, 0) is 14.8 Å². The zero-order chi connectivity index (χ0) is 16.5. The number of amides is 3. The maximum absolute atomic E-state index is 12.6. The van der Waals surface area contributed by atoms with Crippen molar-refractivity contribution in [3.8, 4) is 0 Å². The minimum atomic E-state index is -3.48. The summed E-state index contributed by atoms with van der Waals surface area (Å²) in [5.74, 6) is -0.298. The highest BCUT2D eigenvalue weighted by Gasteiger charge is 2.67. The van der Waals surface area contributed by atoms with Gasteiger partial charge in [0.25, 0.3) is 5.91 Å². The van der Waals surface area contributed by atoms with Gasteiger partial charge < -0.3 is 5.32 Å². The van der Waals surface area contributed by atoms with Gasteiger partial charge in [-0.3, -0.25) is 10.1 Å². The third kappa shape index (κ3) is 2.01. The third-order valence-electron chi connectivity index (χ3n) is 5.05. The summed E-state index contributed by atoms with van der Waals surface area (Å²) >= 11 is 0. The topological polar surface area (TPSA) is 95.6 Å². The van der Waals surface area contributed by atoms with E-state index in [2.05, 4.69) is 10.6 Å². The Morgan fingerprint density at radius 1 is 1.09 bits per heavy atom. The van der Waals surface area contributed by atoms with Gasteiger partial charge in [-0.1, -0.05) is 17.7 Å². The van der Waals surface area contributed by atoms with E-state index in [1.165, 1.54) is 4.31 Å². The zero-order valence-corrected chi connectivity index (χ0v) is 13.4. The molecule has 2 saturated heterocycles. The summed E-state index contributed by atoms with van der Waals surface area (Å²) in [6.07, 6.45) is 0.995. The van der Waals surface area contributed by atoms with E-state index in [0.29, 0.717) is 30.8 Å². The number of nitrogens with one attached hydrogen (secondary N) is 2. The average Bonchev–Trinajstić information content (AvgIpc) is 2.69. The number of aryl methyl sites for hydroxylation is 1. The van der Waals surface area contributed by atoms with Crippen LogP contribution in [0.3, 0.4) is 0 Å². The molecule has 122 valence electrons. The minimum Gasteiger partial charge on any atom is -0.323 e. The van der Waals surface area contributed by atoms with E-state index in [0.717, 1.165) is 5.56 Å². The van der Waals surface area contributed by atoms with Gasteiger partial charge in [0.15, 0.2) is 0 Å². The first-order valence-corrected chi connectivity index (χ1v) is 8.89. The number of sulfonamides is 1. The van der Waals surface area contributed by atoms with E-state index in [9.17, 15) is 18.0 Å². The average molecular weight is 335 g/mol. The van der Waals surface area contributed by atoms with E-state index < -0.39 is 21.6 Å². The second kappa shape index (κ2) is 4.33. The second-order valence-electron chi connectivity index (χ2n) is 6.93. The number of rotatable bonds is 2. The van der Waals surface area contributed by atoms with E-state index in [-0.39, 0.29) is 11.3 Å². The standard InChI is InChI=1S/C15H17N3O4S/c1-10-2-4-11(5-3-10)23(21,22)18-8-14(9-18)6-15(7-14)12(19)16-13(20)17-15/h2-5H,6-9H2,1H3,(H2,16,17,19,20). The number of hydrogen-bond acceptors (Lipinski definition) is 4.